The van der Waals surface area contributed by atoms with Crippen LogP contribution < -0.4 is 25.8 Å². The molecule has 2 heterocycles. The molecule has 1 aliphatic heterocycles. The topological polar surface area (TPSA) is 137 Å². The molecule has 11 nitrogen and oxygen atoms in total. The van der Waals surface area contributed by atoms with Gasteiger partial charge >= 0.3 is 13.5 Å². The van der Waals surface area contributed by atoms with Crippen LogP contribution in [0.5, 0.6) is 5.75 Å². The Balaban J connectivity index is 1.96. The van der Waals surface area contributed by atoms with Gasteiger partial charge in [0.1, 0.15) is 23.4 Å². The summed E-state index contributed by atoms with van der Waals surface area (Å²) in [6.07, 6.45) is 8.98. The van der Waals surface area contributed by atoms with E-state index in [9.17, 15) is 14.2 Å². The summed E-state index contributed by atoms with van der Waals surface area (Å²) in [5.41, 5.74) is -0.0661. The van der Waals surface area contributed by atoms with Crippen molar-refractivity contribution in [2.75, 3.05) is 37.1 Å². The lowest BCUT2D eigenvalue weighted by atomic mass is 10.2. The van der Waals surface area contributed by atoms with Gasteiger partial charge in [-0.3, -0.25) is 18.9 Å². The smallest absolute Gasteiger partial charge is 0.469 e. The second-order valence-electron chi connectivity index (χ2n) is 7.25. The summed E-state index contributed by atoms with van der Waals surface area (Å²) in [4.78, 5) is 48.7. The number of benzene rings is 1. The molecule has 33 heavy (non-hydrogen) atoms. The monoisotopic (exact) mass is 476 g/mol. The standard InChI is InChI=1S/C21H25N4O7P/c1-4-11-24-17(10-9-15-7-5-8-16(14-15)31-3)23(2)18-19(26)22-21(27)25(20(18)24)12-6-13-32-33(28,29)30/h1,5,7-10,14,17H,6,11-13H2,2-3H3,(H,22,26,27)(H2,28,29,30). The van der Waals surface area contributed by atoms with Gasteiger partial charge in [-0.05, 0) is 30.2 Å². The van der Waals surface area contributed by atoms with Crippen molar-refractivity contribution in [3.05, 3.63) is 56.7 Å². The highest BCUT2D eigenvalue weighted by Crippen LogP contribution is 2.37. The summed E-state index contributed by atoms with van der Waals surface area (Å²) in [6.45, 7) is -0.0969. The van der Waals surface area contributed by atoms with E-state index >= 15 is 0 Å². The lowest BCUT2D eigenvalue weighted by Gasteiger charge is -2.27. The third kappa shape index (κ3) is 5.56. The van der Waals surface area contributed by atoms with E-state index in [1.807, 2.05) is 36.4 Å². The lowest BCUT2D eigenvalue weighted by molar-refractivity contribution is 0.192. The fourth-order valence-electron chi connectivity index (χ4n) is 3.68. The number of terminal acetylenes is 1. The maximum atomic E-state index is 12.7. The number of phosphoric ester groups is 1. The SMILES string of the molecule is C#CCN1c2c(c(=O)[nH]c(=O)n2CCCOP(=O)(O)O)N(C)C1C=Cc1cccc(OC)c1. The molecule has 0 bridgehead atoms. The van der Waals surface area contributed by atoms with Gasteiger partial charge in [-0.25, -0.2) is 9.36 Å². The minimum Gasteiger partial charge on any atom is -0.497 e. The van der Waals surface area contributed by atoms with Crippen molar-refractivity contribution in [1.82, 2.24) is 9.55 Å². The Hall–Kier alpha value is -3.29. The van der Waals surface area contributed by atoms with Crippen LogP contribution in [0.2, 0.25) is 0 Å². The number of hydrogen-bond donors (Lipinski definition) is 3. The Morgan fingerprint density at radius 2 is 2.09 bits per heavy atom. The molecule has 3 N–H and O–H groups in total. The van der Waals surface area contributed by atoms with Crippen LogP contribution in [0.1, 0.15) is 12.0 Å². The van der Waals surface area contributed by atoms with Crippen molar-refractivity contribution >= 4 is 25.4 Å². The van der Waals surface area contributed by atoms with Gasteiger partial charge in [-0.1, -0.05) is 24.1 Å². The number of hydrogen-bond acceptors (Lipinski definition) is 7. The molecule has 2 aromatic rings. The summed E-state index contributed by atoms with van der Waals surface area (Å²) in [5, 5.41) is 0. The molecule has 1 atom stereocenters. The lowest BCUT2D eigenvalue weighted by Crippen LogP contribution is -2.41. The normalized spacial score (nSPS) is 15.7. The van der Waals surface area contributed by atoms with Gasteiger partial charge in [0.15, 0.2) is 0 Å². The maximum Gasteiger partial charge on any atom is 0.469 e. The molecule has 0 fully saturated rings. The van der Waals surface area contributed by atoms with Crippen LogP contribution in [0.25, 0.3) is 6.08 Å². The average molecular weight is 476 g/mol. The molecule has 1 unspecified atom stereocenters. The van der Waals surface area contributed by atoms with Gasteiger partial charge in [0, 0.05) is 13.6 Å². The number of methoxy groups -OCH3 is 1. The number of H-pyrrole nitrogens is 1. The number of ether oxygens (including phenoxy) is 1. The van der Waals surface area contributed by atoms with Crippen LogP contribution in [-0.2, 0) is 15.6 Å². The number of anilines is 2. The molecule has 0 saturated heterocycles. The highest BCUT2D eigenvalue weighted by molar-refractivity contribution is 7.46. The molecule has 0 amide bonds. The number of rotatable bonds is 9. The summed E-state index contributed by atoms with van der Waals surface area (Å²) in [6, 6.07) is 7.44. The number of nitrogens with zero attached hydrogens (tertiary/aromatic N) is 3. The van der Waals surface area contributed by atoms with Crippen LogP contribution >= 0.6 is 7.82 Å². The van der Waals surface area contributed by atoms with Crippen molar-refractivity contribution in [3.8, 4) is 18.1 Å². The second-order valence-corrected chi connectivity index (χ2v) is 8.49. The van der Waals surface area contributed by atoms with Crippen molar-refractivity contribution in [1.29, 1.82) is 0 Å². The predicted molar refractivity (Wildman–Crippen MR) is 124 cm³/mol. The molecule has 176 valence electrons. The van der Waals surface area contributed by atoms with Crippen LogP contribution in [0.4, 0.5) is 11.5 Å². The van der Waals surface area contributed by atoms with Gasteiger partial charge in [-0.15, -0.1) is 6.42 Å². The highest BCUT2D eigenvalue weighted by atomic mass is 31.2. The van der Waals surface area contributed by atoms with Crippen molar-refractivity contribution in [2.24, 2.45) is 0 Å². The van der Waals surface area contributed by atoms with E-state index in [-0.39, 0.29) is 31.8 Å². The number of nitrogens with one attached hydrogen (secondary N) is 1. The summed E-state index contributed by atoms with van der Waals surface area (Å²) >= 11 is 0. The van der Waals surface area contributed by atoms with E-state index in [4.69, 9.17) is 20.9 Å². The zero-order chi connectivity index (χ0) is 24.2. The minimum atomic E-state index is -4.62. The molecule has 0 radical (unpaired) electrons. The Morgan fingerprint density at radius 3 is 2.76 bits per heavy atom. The molecule has 1 aliphatic rings. The minimum absolute atomic E-state index is 0.0547. The zero-order valence-electron chi connectivity index (χ0n) is 18.2. The number of aromatic nitrogens is 2. The zero-order valence-corrected chi connectivity index (χ0v) is 19.1. The molecule has 1 aromatic heterocycles. The molecular formula is C21H25N4O7P. The van der Waals surface area contributed by atoms with E-state index in [2.05, 4.69) is 15.4 Å². The largest absolute Gasteiger partial charge is 0.497 e. The molecule has 1 aromatic carbocycles. The van der Waals surface area contributed by atoms with Crippen LogP contribution in [-0.4, -0.2) is 52.8 Å². The molecule has 0 spiro atoms. The molecule has 0 aliphatic carbocycles. The maximum absolute atomic E-state index is 12.7. The predicted octanol–water partition coefficient (Wildman–Crippen LogP) is 0.973. The first-order chi connectivity index (χ1) is 15.7. The first kappa shape index (κ1) is 24.4. The van der Waals surface area contributed by atoms with E-state index < -0.39 is 25.2 Å². The molecule has 12 heteroatoms. The summed E-state index contributed by atoms with van der Waals surface area (Å²) in [7, 11) is -1.32. The summed E-state index contributed by atoms with van der Waals surface area (Å²) in [5.74, 6) is 3.59. The van der Waals surface area contributed by atoms with Crippen molar-refractivity contribution in [3.63, 3.8) is 0 Å². The fraction of sp³-hybridized carbons (Fsp3) is 0.333. The fourth-order valence-corrected chi connectivity index (χ4v) is 4.05. The van der Waals surface area contributed by atoms with Crippen molar-refractivity contribution in [2.45, 2.75) is 19.1 Å². The first-order valence-corrected chi connectivity index (χ1v) is 11.5. The number of aromatic amines is 1. The van der Waals surface area contributed by atoms with E-state index in [0.29, 0.717) is 11.6 Å². The molecular weight excluding hydrogens is 451 g/mol. The second kappa shape index (κ2) is 10.1. The molecule has 3 rings (SSSR count). The van der Waals surface area contributed by atoms with Gasteiger partial charge in [0.05, 0.1) is 20.3 Å². The van der Waals surface area contributed by atoms with Crippen molar-refractivity contribution < 1.29 is 23.6 Å². The molecule has 0 saturated carbocycles. The summed E-state index contributed by atoms with van der Waals surface area (Å²) < 4.78 is 21.9. The van der Waals surface area contributed by atoms with Crippen LogP contribution in [0.3, 0.4) is 0 Å². The highest BCUT2D eigenvalue weighted by Gasteiger charge is 2.37. The number of phosphoric acid groups is 1. The first-order valence-electron chi connectivity index (χ1n) is 9.98. The van der Waals surface area contributed by atoms with E-state index in [1.54, 1.807) is 24.0 Å². The number of likely N-dealkylation sites (N-methyl/N-ethyl adjacent to an activating group) is 1. The third-order valence-corrected chi connectivity index (χ3v) is 5.61. The van der Waals surface area contributed by atoms with Crippen LogP contribution in [0.15, 0.2) is 39.9 Å². The Labute approximate surface area is 190 Å². The van der Waals surface area contributed by atoms with Gasteiger partial charge in [-0.2, -0.15) is 0 Å². The average Bonchev–Trinajstić information content (AvgIpc) is 3.03. The van der Waals surface area contributed by atoms with Crippen LogP contribution in [0, 0.1) is 12.3 Å². The Bertz CT molecular complexity index is 1240. The quantitative estimate of drug-likeness (QED) is 0.275. The van der Waals surface area contributed by atoms with E-state index in [1.165, 1.54) is 4.57 Å². The Morgan fingerprint density at radius 1 is 1.33 bits per heavy atom. The van der Waals surface area contributed by atoms with Gasteiger partial charge in [0.2, 0.25) is 0 Å². The van der Waals surface area contributed by atoms with Gasteiger partial charge < -0.3 is 24.3 Å². The Kier molecular flexibility index (Phi) is 7.46. The van der Waals surface area contributed by atoms with E-state index in [0.717, 1.165) is 5.56 Å². The third-order valence-electron chi connectivity index (χ3n) is 5.09. The van der Waals surface area contributed by atoms with Gasteiger partial charge in [0.25, 0.3) is 5.56 Å². The number of fused-ring (bicyclic) bond motifs is 1.